The lowest BCUT2D eigenvalue weighted by Crippen LogP contribution is -2.38. The molecule has 6 nitrogen and oxygen atoms in total. The monoisotopic (exact) mass is 483 g/mol. The van der Waals surface area contributed by atoms with E-state index in [4.69, 9.17) is 0 Å². The molecule has 188 valence electrons. The van der Waals surface area contributed by atoms with Crippen LogP contribution in [0.5, 0.6) is 0 Å². The van der Waals surface area contributed by atoms with Crippen molar-refractivity contribution in [1.82, 2.24) is 20.4 Å². The van der Waals surface area contributed by atoms with E-state index < -0.39 is 0 Å². The van der Waals surface area contributed by atoms with Gasteiger partial charge in [-0.25, -0.2) is 0 Å². The molecule has 1 N–H and O–H groups in total. The van der Waals surface area contributed by atoms with Gasteiger partial charge in [-0.1, -0.05) is 60.7 Å². The number of carbonyl (C=O) groups is 1. The third kappa shape index (κ3) is 6.70. The minimum Gasteiger partial charge on any atom is -0.355 e. The minimum absolute atomic E-state index is 0.123. The van der Waals surface area contributed by atoms with E-state index in [1.807, 2.05) is 12.1 Å². The summed E-state index contributed by atoms with van der Waals surface area (Å²) in [7, 11) is 0. The van der Waals surface area contributed by atoms with Crippen molar-refractivity contribution in [2.75, 3.05) is 37.6 Å². The van der Waals surface area contributed by atoms with E-state index in [1.54, 1.807) is 0 Å². The van der Waals surface area contributed by atoms with Crippen molar-refractivity contribution in [3.63, 3.8) is 0 Å². The maximum absolute atomic E-state index is 12.7. The number of anilines is 1. The van der Waals surface area contributed by atoms with Gasteiger partial charge in [-0.2, -0.15) is 0 Å². The Morgan fingerprint density at radius 1 is 0.750 bits per heavy atom. The van der Waals surface area contributed by atoms with Crippen molar-refractivity contribution in [3.8, 4) is 0 Å². The average molecular weight is 484 g/mol. The van der Waals surface area contributed by atoms with Crippen molar-refractivity contribution in [2.24, 2.45) is 11.8 Å². The van der Waals surface area contributed by atoms with Gasteiger partial charge in [-0.05, 0) is 80.3 Å². The molecule has 2 aliphatic rings. The summed E-state index contributed by atoms with van der Waals surface area (Å²) in [6.07, 6.45) is 5.67. The second-order valence-corrected chi connectivity index (χ2v) is 10.3. The van der Waals surface area contributed by atoms with Gasteiger partial charge in [-0.3, -0.25) is 9.69 Å². The molecule has 1 aromatic heterocycles. The van der Waals surface area contributed by atoms with E-state index >= 15 is 0 Å². The molecule has 3 heterocycles. The summed E-state index contributed by atoms with van der Waals surface area (Å²) in [6, 6.07) is 25.1. The van der Waals surface area contributed by atoms with Crippen LogP contribution in [-0.2, 0) is 13.0 Å². The minimum atomic E-state index is -0.123. The Hall–Kier alpha value is -3.25. The number of hydrogen-bond donors (Lipinski definition) is 1. The SMILES string of the molecule is O=C(NCC1CCN(Cc2ccccc2)CC1)c1ccc(N2CCC(Cc3ccccc3)CC2)nn1. The molecule has 0 saturated carbocycles. The zero-order chi connectivity index (χ0) is 24.6. The Labute approximate surface area is 214 Å². The van der Waals surface area contributed by atoms with Gasteiger partial charge in [0.1, 0.15) is 0 Å². The standard InChI is InChI=1S/C30H37N5O/c36-30(31-22-26-13-17-34(18-14-26)23-27-9-5-2-6-10-27)28-11-12-29(33-32-28)35-19-15-25(16-20-35)21-24-7-3-1-4-8-24/h1-12,25-26H,13-23H2,(H,31,36). The summed E-state index contributed by atoms with van der Waals surface area (Å²) in [4.78, 5) is 17.5. The summed E-state index contributed by atoms with van der Waals surface area (Å²) >= 11 is 0. The lowest BCUT2D eigenvalue weighted by Gasteiger charge is -2.32. The molecule has 5 rings (SSSR count). The molecular weight excluding hydrogens is 446 g/mol. The van der Waals surface area contributed by atoms with Gasteiger partial charge in [0.25, 0.3) is 5.91 Å². The second-order valence-electron chi connectivity index (χ2n) is 10.3. The zero-order valence-electron chi connectivity index (χ0n) is 21.1. The fraction of sp³-hybridized carbons (Fsp3) is 0.433. The number of benzene rings is 2. The van der Waals surface area contributed by atoms with E-state index in [1.165, 1.54) is 11.1 Å². The van der Waals surface area contributed by atoms with E-state index in [0.29, 0.717) is 24.1 Å². The van der Waals surface area contributed by atoms with Gasteiger partial charge in [0.05, 0.1) is 0 Å². The van der Waals surface area contributed by atoms with Gasteiger partial charge in [0, 0.05) is 26.2 Å². The molecule has 0 unspecified atom stereocenters. The first-order valence-corrected chi connectivity index (χ1v) is 13.4. The highest BCUT2D eigenvalue weighted by Crippen LogP contribution is 2.24. The first-order chi connectivity index (χ1) is 17.7. The Kier molecular flexibility index (Phi) is 8.24. The highest BCUT2D eigenvalue weighted by molar-refractivity contribution is 5.92. The smallest absolute Gasteiger partial charge is 0.271 e. The molecule has 2 fully saturated rings. The topological polar surface area (TPSA) is 61.4 Å². The van der Waals surface area contributed by atoms with Gasteiger partial charge >= 0.3 is 0 Å². The van der Waals surface area contributed by atoms with Gasteiger partial charge in [0.15, 0.2) is 11.5 Å². The number of aromatic nitrogens is 2. The Balaban J connectivity index is 1.03. The van der Waals surface area contributed by atoms with Crippen LogP contribution in [0, 0.1) is 11.8 Å². The number of amides is 1. The summed E-state index contributed by atoms with van der Waals surface area (Å²) < 4.78 is 0. The van der Waals surface area contributed by atoms with Crippen LogP contribution in [0.3, 0.4) is 0 Å². The molecule has 0 radical (unpaired) electrons. The number of nitrogens with one attached hydrogen (secondary N) is 1. The molecular formula is C30H37N5O. The van der Waals surface area contributed by atoms with Gasteiger partial charge < -0.3 is 10.2 Å². The number of piperidine rings is 2. The number of rotatable bonds is 8. The van der Waals surface area contributed by atoms with Crippen molar-refractivity contribution >= 4 is 11.7 Å². The highest BCUT2D eigenvalue weighted by Gasteiger charge is 2.22. The third-order valence-electron chi connectivity index (χ3n) is 7.70. The predicted molar refractivity (Wildman–Crippen MR) is 144 cm³/mol. The maximum atomic E-state index is 12.7. The molecule has 36 heavy (non-hydrogen) atoms. The van der Waals surface area contributed by atoms with Crippen LogP contribution >= 0.6 is 0 Å². The van der Waals surface area contributed by atoms with Crippen LogP contribution in [0.15, 0.2) is 72.8 Å². The first-order valence-electron chi connectivity index (χ1n) is 13.4. The van der Waals surface area contributed by atoms with Crippen LogP contribution in [0.4, 0.5) is 5.82 Å². The first kappa shape index (κ1) is 24.4. The molecule has 2 saturated heterocycles. The van der Waals surface area contributed by atoms with Crippen molar-refractivity contribution in [2.45, 2.75) is 38.6 Å². The zero-order valence-corrected chi connectivity index (χ0v) is 21.1. The Morgan fingerprint density at radius 3 is 2.03 bits per heavy atom. The number of nitrogens with zero attached hydrogens (tertiary/aromatic N) is 4. The van der Waals surface area contributed by atoms with Crippen LogP contribution in [0.25, 0.3) is 0 Å². The Bertz CT molecular complexity index is 1070. The van der Waals surface area contributed by atoms with Crippen molar-refractivity contribution < 1.29 is 4.79 Å². The highest BCUT2D eigenvalue weighted by atomic mass is 16.1. The predicted octanol–water partition coefficient (Wildman–Crippen LogP) is 4.58. The van der Waals surface area contributed by atoms with Crippen LogP contribution < -0.4 is 10.2 Å². The molecule has 0 spiro atoms. The molecule has 1 amide bonds. The lowest BCUT2D eigenvalue weighted by molar-refractivity contribution is 0.0929. The molecule has 2 aliphatic heterocycles. The summed E-state index contributed by atoms with van der Waals surface area (Å²) in [5.41, 5.74) is 3.19. The molecule has 0 aliphatic carbocycles. The van der Waals surface area contributed by atoms with E-state index in [0.717, 1.165) is 70.6 Å². The van der Waals surface area contributed by atoms with Crippen molar-refractivity contribution in [3.05, 3.63) is 89.6 Å². The van der Waals surface area contributed by atoms with E-state index in [9.17, 15) is 4.79 Å². The Morgan fingerprint density at radius 2 is 1.39 bits per heavy atom. The molecule has 0 atom stereocenters. The lowest BCUT2D eigenvalue weighted by atomic mass is 9.90. The fourth-order valence-electron chi connectivity index (χ4n) is 5.45. The fourth-order valence-corrected chi connectivity index (χ4v) is 5.45. The maximum Gasteiger partial charge on any atom is 0.271 e. The van der Waals surface area contributed by atoms with Crippen LogP contribution in [-0.4, -0.2) is 53.7 Å². The van der Waals surface area contributed by atoms with Gasteiger partial charge in [-0.15, -0.1) is 10.2 Å². The average Bonchev–Trinajstić information content (AvgIpc) is 2.94. The summed E-state index contributed by atoms with van der Waals surface area (Å²) in [5.74, 6) is 1.98. The third-order valence-corrected chi connectivity index (χ3v) is 7.70. The van der Waals surface area contributed by atoms with Crippen LogP contribution in [0.2, 0.25) is 0 Å². The van der Waals surface area contributed by atoms with Crippen molar-refractivity contribution in [1.29, 1.82) is 0 Å². The summed E-state index contributed by atoms with van der Waals surface area (Å²) in [5, 5.41) is 11.7. The normalized spacial score (nSPS) is 17.7. The number of likely N-dealkylation sites (tertiary alicyclic amines) is 1. The largest absolute Gasteiger partial charge is 0.355 e. The summed E-state index contributed by atoms with van der Waals surface area (Å²) in [6.45, 7) is 5.84. The molecule has 6 heteroatoms. The number of hydrogen-bond acceptors (Lipinski definition) is 5. The quantitative estimate of drug-likeness (QED) is 0.508. The molecule has 3 aromatic rings. The molecule has 0 bridgehead atoms. The second kappa shape index (κ2) is 12.1. The van der Waals surface area contributed by atoms with E-state index in [2.05, 4.69) is 86.0 Å². The molecule has 2 aromatic carbocycles. The van der Waals surface area contributed by atoms with E-state index in [-0.39, 0.29) is 5.91 Å². The van der Waals surface area contributed by atoms with Crippen LogP contribution in [0.1, 0.15) is 47.3 Å². The number of carbonyl (C=O) groups excluding carboxylic acids is 1. The van der Waals surface area contributed by atoms with Gasteiger partial charge in [0.2, 0.25) is 0 Å².